The number of pyridine rings is 1. The molecule has 1 N–H and O–H groups in total. The maximum Gasteiger partial charge on any atom is 0.278 e. The molecule has 1 saturated heterocycles. The normalized spacial score (nSPS) is 14.7. The minimum atomic E-state index is -0.170. The number of hydrogen-bond acceptors (Lipinski definition) is 7. The maximum absolute atomic E-state index is 13.3. The van der Waals surface area contributed by atoms with E-state index in [1.807, 2.05) is 33.8 Å². The van der Waals surface area contributed by atoms with E-state index in [1.165, 1.54) is 17.3 Å². The summed E-state index contributed by atoms with van der Waals surface area (Å²) in [7, 11) is 2.16. The number of rotatable bonds is 6. The second-order valence-electron chi connectivity index (χ2n) is 10.6. The topological polar surface area (TPSA) is 93.2 Å². The smallest absolute Gasteiger partial charge is 0.278 e. The van der Waals surface area contributed by atoms with Crippen molar-refractivity contribution in [2.45, 2.75) is 46.7 Å². The summed E-state index contributed by atoms with van der Waals surface area (Å²) < 4.78 is 5.10. The second-order valence-corrected chi connectivity index (χ2v) is 10.6. The molecule has 0 spiro atoms. The molecule has 200 valence electrons. The van der Waals surface area contributed by atoms with Crippen LogP contribution in [-0.4, -0.2) is 62.0 Å². The van der Waals surface area contributed by atoms with Crippen LogP contribution in [0.3, 0.4) is 0 Å². The first kappa shape index (κ1) is 25.7. The van der Waals surface area contributed by atoms with Gasteiger partial charge in [0.1, 0.15) is 5.39 Å². The van der Waals surface area contributed by atoms with Crippen LogP contribution in [0.4, 0.5) is 17.3 Å². The average molecular weight is 517 g/mol. The predicted molar refractivity (Wildman–Crippen MR) is 152 cm³/mol. The molecule has 0 aliphatic carbocycles. The highest BCUT2D eigenvalue weighted by Gasteiger charge is 2.21. The van der Waals surface area contributed by atoms with Crippen LogP contribution >= 0.6 is 0 Å². The molecule has 4 heterocycles. The Labute approximate surface area is 222 Å². The van der Waals surface area contributed by atoms with Gasteiger partial charge in [-0.15, -0.1) is 0 Å². The van der Waals surface area contributed by atoms with E-state index in [1.54, 1.807) is 32.4 Å². The molecule has 4 aromatic rings. The fourth-order valence-corrected chi connectivity index (χ4v) is 5.06. The van der Waals surface area contributed by atoms with E-state index < -0.39 is 0 Å². The summed E-state index contributed by atoms with van der Waals surface area (Å²) in [5, 5.41) is 3.74. The fraction of sp³-hybridized carbons (Fsp3) is 0.429. The van der Waals surface area contributed by atoms with Gasteiger partial charge in [-0.25, -0.2) is 14.3 Å². The molecule has 10 heteroatoms. The van der Waals surface area contributed by atoms with Gasteiger partial charge in [-0.2, -0.15) is 4.98 Å². The van der Waals surface area contributed by atoms with Crippen molar-refractivity contribution in [2.24, 2.45) is 0 Å². The Morgan fingerprint density at radius 2 is 1.68 bits per heavy atom. The lowest BCUT2D eigenvalue weighted by Crippen LogP contribution is -2.44. The molecular formula is C28H36N8O2. The molecule has 0 amide bonds. The number of anilines is 3. The molecule has 0 unspecified atom stereocenters. The largest absolute Gasteiger partial charge is 0.369 e. The van der Waals surface area contributed by atoms with Gasteiger partial charge in [-0.3, -0.25) is 9.59 Å². The first-order valence-electron chi connectivity index (χ1n) is 13.2. The molecule has 38 heavy (non-hydrogen) atoms. The van der Waals surface area contributed by atoms with Gasteiger partial charge in [0.25, 0.3) is 11.1 Å². The molecule has 1 fully saturated rings. The second kappa shape index (κ2) is 10.1. The van der Waals surface area contributed by atoms with Gasteiger partial charge in [0, 0.05) is 68.1 Å². The summed E-state index contributed by atoms with van der Waals surface area (Å²) in [4.78, 5) is 39.7. The summed E-state index contributed by atoms with van der Waals surface area (Å²) in [5.41, 5.74) is 4.21. The summed E-state index contributed by atoms with van der Waals surface area (Å²) in [5.74, 6) is 0.399. The van der Waals surface area contributed by atoms with Crippen molar-refractivity contribution in [2.75, 3.05) is 43.4 Å². The predicted octanol–water partition coefficient (Wildman–Crippen LogP) is 3.71. The van der Waals surface area contributed by atoms with Crippen LogP contribution in [0.25, 0.3) is 16.7 Å². The number of nitrogens with one attached hydrogen (secondary N) is 1. The molecular weight excluding hydrogens is 480 g/mol. The highest BCUT2D eigenvalue weighted by molar-refractivity contribution is 5.77. The fourth-order valence-electron chi connectivity index (χ4n) is 5.06. The van der Waals surface area contributed by atoms with Gasteiger partial charge in [-0.1, -0.05) is 0 Å². The van der Waals surface area contributed by atoms with E-state index in [4.69, 9.17) is 4.98 Å². The van der Waals surface area contributed by atoms with Gasteiger partial charge >= 0.3 is 0 Å². The van der Waals surface area contributed by atoms with Gasteiger partial charge < -0.3 is 19.7 Å². The highest BCUT2D eigenvalue weighted by atomic mass is 16.1. The van der Waals surface area contributed by atoms with E-state index in [0.717, 1.165) is 31.9 Å². The summed E-state index contributed by atoms with van der Waals surface area (Å²) in [6.07, 6.45) is 3.35. The summed E-state index contributed by atoms with van der Waals surface area (Å²) in [6.45, 7) is 14.1. The number of benzene rings is 1. The van der Waals surface area contributed by atoms with E-state index in [9.17, 15) is 9.59 Å². The van der Waals surface area contributed by atoms with Crippen molar-refractivity contribution >= 4 is 28.4 Å². The average Bonchev–Trinajstić information content (AvgIpc) is 3.17. The first-order valence-corrected chi connectivity index (χ1v) is 13.2. The number of aromatic nitrogens is 5. The maximum atomic E-state index is 13.3. The van der Waals surface area contributed by atoms with Gasteiger partial charge in [-0.05, 0) is 71.5 Å². The molecule has 5 rings (SSSR count). The van der Waals surface area contributed by atoms with E-state index in [0.29, 0.717) is 22.7 Å². The van der Waals surface area contributed by atoms with Crippen LogP contribution in [0.1, 0.15) is 45.3 Å². The van der Waals surface area contributed by atoms with Crippen LogP contribution in [0, 0.1) is 6.92 Å². The Morgan fingerprint density at radius 1 is 0.947 bits per heavy atom. The third-order valence-corrected chi connectivity index (χ3v) is 7.13. The van der Waals surface area contributed by atoms with Crippen LogP contribution in [0.15, 0.2) is 52.3 Å². The zero-order valence-corrected chi connectivity index (χ0v) is 23.0. The molecule has 1 aliphatic rings. The number of aryl methyl sites for hydroxylation is 1. The van der Waals surface area contributed by atoms with E-state index in [2.05, 4.69) is 46.2 Å². The zero-order valence-electron chi connectivity index (χ0n) is 23.0. The third-order valence-electron chi connectivity index (χ3n) is 7.13. The lowest BCUT2D eigenvalue weighted by Gasteiger charge is -2.35. The van der Waals surface area contributed by atoms with Crippen molar-refractivity contribution in [1.29, 1.82) is 0 Å². The van der Waals surface area contributed by atoms with Gasteiger partial charge in [0.15, 0.2) is 5.65 Å². The molecule has 0 atom stereocenters. The highest BCUT2D eigenvalue weighted by Crippen LogP contribution is 2.26. The summed E-state index contributed by atoms with van der Waals surface area (Å²) >= 11 is 0. The Bertz CT molecular complexity index is 1590. The Hall–Kier alpha value is -3.92. The Kier molecular flexibility index (Phi) is 6.83. The van der Waals surface area contributed by atoms with Crippen molar-refractivity contribution in [3.8, 4) is 5.69 Å². The molecule has 1 aromatic carbocycles. The SMILES string of the molecule is Cc1cc(Nc2ncc3c(=O)n(C(C)C)n(-c4ccc(=O)n(C(C)C)c4)c3n2)ccc1N1CCN(C)CC1. The van der Waals surface area contributed by atoms with E-state index in [-0.39, 0.29) is 23.2 Å². The van der Waals surface area contributed by atoms with Crippen molar-refractivity contribution < 1.29 is 0 Å². The lowest BCUT2D eigenvalue weighted by atomic mass is 10.1. The van der Waals surface area contributed by atoms with Gasteiger partial charge in [0.05, 0.1) is 5.69 Å². The minimum Gasteiger partial charge on any atom is -0.369 e. The number of likely N-dealkylation sites (N-methyl/N-ethyl adjacent to an activating group) is 1. The quantitative estimate of drug-likeness (QED) is 0.418. The first-order chi connectivity index (χ1) is 18.1. The summed E-state index contributed by atoms with van der Waals surface area (Å²) in [6, 6.07) is 9.40. The van der Waals surface area contributed by atoms with Crippen molar-refractivity contribution in [1.82, 2.24) is 28.8 Å². The van der Waals surface area contributed by atoms with E-state index >= 15 is 0 Å². The molecule has 0 bridgehead atoms. The van der Waals surface area contributed by atoms with Crippen LogP contribution in [0.5, 0.6) is 0 Å². The number of nitrogens with zero attached hydrogens (tertiary/aromatic N) is 7. The molecule has 1 aliphatic heterocycles. The van der Waals surface area contributed by atoms with Gasteiger partial charge in [0.2, 0.25) is 5.95 Å². The monoisotopic (exact) mass is 516 g/mol. The number of fused-ring (bicyclic) bond motifs is 1. The number of piperazine rings is 1. The molecule has 0 radical (unpaired) electrons. The van der Waals surface area contributed by atoms with Crippen molar-refractivity contribution in [3.63, 3.8) is 0 Å². The lowest BCUT2D eigenvalue weighted by molar-refractivity contribution is 0.312. The number of hydrogen-bond donors (Lipinski definition) is 1. The molecule has 10 nitrogen and oxygen atoms in total. The van der Waals surface area contributed by atoms with Crippen LogP contribution in [-0.2, 0) is 0 Å². The van der Waals surface area contributed by atoms with Crippen LogP contribution in [0.2, 0.25) is 0 Å². The Morgan fingerprint density at radius 3 is 2.34 bits per heavy atom. The zero-order chi connectivity index (χ0) is 27.1. The standard InChI is InChI=1S/C28H36N8O2/c1-18(2)34-17-22(8-10-25(34)37)36-26-23(27(38)35(36)19(3)4)16-29-28(31-26)30-21-7-9-24(20(5)15-21)33-13-11-32(6)12-14-33/h7-10,15-19H,11-14H2,1-6H3,(H,29,30,31). The minimum absolute atomic E-state index is 0.0209. The third kappa shape index (κ3) is 4.71. The Balaban J connectivity index is 1.54. The molecule has 3 aromatic heterocycles. The van der Waals surface area contributed by atoms with Crippen LogP contribution < -0.4 is 21.3 Å². The van der Waals surface area contributed by atoms with Crippen molar-refractivity contribution in [3.05, 3.63) is 69.0 Å². The molecule has 0 saturated carbocycles.